The number of carbonyl (C=O) groups is 1. The van der Waals surface area contributed by atoms with Crippen molar-refractivity contribution in [3.63, 3.8) is 0 Å². The maximum atomic E-state index is 12.3. The van der Waals surface area contributed by atoms with Crippen molar-refractivity contribution in [3.05, 3.63) is 46.4 Å². The average molecular weight is 328 g/mol. The topological polar surface area (TPSA) is 110 Å². The van der Waals surface area contributed by atoms with Gasteiger partial charge in [-0.25, -0.2) is 9.78 Å². The van der Waals surface area contributed by atoms with Crippen LogP contribution in [0.15, 0.2) is 35.4 Å². The molecule has 0 radical (unpaired) electrons. The van der Waals surface area contributed by atoms with Crippen LogP contribution in [0.3, 0.4) is 0 Å². The van der Waals surface area contributed by atoms with Crippen LogP contribution in [0.25, 0.3) is 22.4 Å². The number of aromatic nitrogens is 4. The van der Waals surface area contributed by atoms with Crippen LogP contribution in [-0.4, -0.2) is 42.1 Å². The minimum Gasteiger partial charge on any atom is -0.477 e. The Kier molecular flexibility index (Phi) is 4.13. The Labute approximate surface area is 136 Å². The van der Waals surface area contributed by atoms with E-state index in [1.54, 1.807) is 33.6 Å². The molecule has 24 heavy (non-hydrogen) atoms. The first-order valence-electron chi connectivity index (χ1n) is 7.47. The largest absolute Gasteiger partial charge is 0.477 e. The number of hydrogen-bond donors (Lipinski definition) is 2. The molecule has 0 aliphatic carbocycles. The van der Waals surface area contributed by atoms with Crippen LogP contribution < -0.4 is 5.43 Å². The highest BCUT2D eigenvalue weighted by molar-refractivity contribution is 5.92. The van der Waals surface area contributed by atoms with Gasteiger partial charge in [0.15, 0.2) is 0 Å². The Balaban J connectivity index is 2.18. The lowest BCUT2D eigenvalue weighted by Crippen LogP contribution is -2.19. The molecule has 0 bridgehead atoms. The summed E-state index contributed by atoms with van der Waals surface area (Å²) in [5.41, 5.74) is 0.784. The predicted molar refractivity (Wildman–Crippen MR) is 86.9 cm³/mol. The van der Waals surface area contributed by atoms with Crippen molar-refractivity contribution in [2.75, 3.05) is 6.61 Å². The molecular weight excluding hydrogens is 312 g/mol. The fraction of sp³-hybridized carbons (Fsp3) is 0.250. The van der Waals surface area contributed by atoms with Gasteiger partial charge in [-0.1, -0.05) is 0 Å². The van der Waals surface area contributed by atoms with E-state index in [4.69, 9.17) is 10.2 Å². The van der Waals surface area contributed by atoms with Crippen molar-refractivity contribution >= 4 is 17.0 Å². The molecule has 8 nitrogen and oxygen atoms in total. The first-order valence-corrected chi connectivity index (χ1v) is 7.47. The Hall–Kier alpha value is -3.00. The Morgan fingerprint density at radius 3 is 2.71 bits per heavy atom. The molecule has 3 rings (SSSR count). The van der Waals surface area contributed by atoms with Crippen molar-refractivity contribution in [1.82, 2.24) is 19.3 Å². The molecular formula is C16H16N4O4. The third kappa shape index (κ3) is 2.67. The number of aryl methyl sites for hydroxylation is 1. The van der Waals surface area contributed by atoms with E-state index in [1.165, 1.54) is 6.20 Å². The number of nitrogens with zero attached hydrogens (tertiary/aromatic N) is 4. The number of rotatable bonds is 5. The zero-order valence-electron chi connectivity index (χ0n) is 13.0. The van der Waals surface area contributed by atoms with Crippen LogP contribution in [0.2, 0.25) is 0 Å². The molecule has 0 spiro atoms. The van der Waals surface area contributed by atoms with Gasteiger partial charge in [-0.2, -0.15) is 5.10 Å². The second-order valence-electron chi connectivity index (χ2n) is 5.22. The summed E-state index contributed by atoms with van der Waals surface area (Å²) in [6.07, 6.45) is 3.05. The third-order valence-electron chi connectivity index (χ3n) is 3.72. The van der Waals surface area contributed by atoms with E-state index in [1.807, 2.05) is 6.92 Å². The van der Waals surface area contributed by atoms with Crippen molar-refractivity contribution in [3.8, 4) is 11.4 Å². The van der Waals surface area contributed by atoms with Crippen LogP contribution in [-0.2, 0) is 13.1 Å². The molecule has 0 atom stereocenters. The average Bonchev–Trinajstić information content (AvgIpc) is 3.03. The van der Waals surface area contributed by atoms with Gasteiger partial charge in [-0.15, -0.1) is 0 Å². The highest BCUT2D eigenvalue weighted by Crippen LogP contribution is 2.18. The molecule has 8 heteroatoms. The molecule has 0 saturated carbocycles. The molecule has 0 saturated heterocycles. The number of aliphatic hydroxyl groups excluding tert-OH is 1. The summed E-state index contributed by atoms with van der Waals surface area (Å²) in [7, 11) is 0. The minimum absolute atomic E-state index is 0.0143. The summed E-state index contributed by atoms with van der Waals surface area (Å²) in [5, 5.41) is 22.7. The van der Waals surface area contributed by atoms with Crippen molar-refractivity contribution in [1.29, 1.82) is 0 Å². The summed E-state index contributed by atoms with van der Waals surface area (Å²) < 4.78 is 3.23. The number of aromatic carboxylic acids is 1. The van der Waals surface area contributed by atoms with Gasteiger partial charge >= 0.3 is 5.97 Å². The molecule has 2 N–H and O–H groups in total. The van der Waals surface area contributed by atoms with Crippen LogP contribution in [0, 0.1) is 0 Å². The van der Waals surface area contributed by atoms with E-state index in [-0.39, 0.29) is 17.6 Å². The lowest BCUT2D eigenvalue weighted by molar-refractivity contribution is 0.0695. The summed E-state index contributed by atoms with van der Waals surface area (Å²) in [6.45, 7) is 2.70. The Bertz CT molecular complexity index is 974. The van der Waals surface area contributed by atoms with E-state index in [9.17, 15) is 9.59 Å². The van der Waals surface area contributed by atoms with Gasteiger partial charge in [-0.05, 0) is 25.1 Å². The van der Waals surface area contributed by atoms with Crippen molar-refractivity contribution in [2.24, 2.45) is 0 Å². The molecule has 0 unspecified atom stereocenters. The van der Waals surface area contributed by atoms with Crippen LogP contribution in [0.1, 0.15) is 17.3 Å². The Morgan fingerprint density at radius 2 is 2.04 bits per heavy atom. The second-order valence-corrected chi connectivity index (χ2v) is 5.22. The molecule has 3 heterocycles. The maximum Gasteiger partial charge on any atom is 0.341 e. The van der Waals surface area contributed by atoms with Gasteiger partial charge in [0, 0.05) is 18.9 Å². The SMILES string of the molecule is CCn1cc(C(=O)O)c(=O)c2ccc(-c3ccn(CCO)n3)nc21. The zero-order chi connectivity index (χ0) is 17.3. The minimum atomic E-state index is -1.25. The molecule has 0 fully saturated rings. The summed E-state index contributed by atoms with van der Waals surface area (Å²) in [4.78, 5) is 28.0. The lowest BCUT2D eigenvalue weighted by atomic mass is 10.1. The maximum absolute atomic E-state index is 12.3. The third-order valence-corrected chi connectivity index (χ3v) is 3.72. The predicted octanol–water partition coefficient (Wildman–Crippen LogP) is 0.970. The van der Waals surface area contributed by atoms with Crippen LogP contribution in [0.4, 0.5) is 0 Å². The fourth-order valence-corrected chi connectivity index (χ4v) is 2.53. The second kappa shape index (κ2) is 6.25. The summed E-state index contributed by atoms with van der Waals surface area (Å²) >= 11 is 0. The molecule has 0 aliphatic rings. The first kappa shape index (κ1) is 15.9. The van der Waals surface area contributed by atoms with Gasteiger partial charge < -0.3 is 14.8 Å². The van der Waals surface area contributed by atoms with E-state index >= 15 is 0 Å². The summed E-state index contributed by atoms with van der Waals surface area (Å²) in [5.74, 6) is -1.25. The number of pyridine rings is 2. The van der Waals surface area contributed by atoms with Gasteiger partial charge in [0.2, 0.25) is 5.43 Å². The molecule has 3 aromatic rings. The Morgan fingerprint density at radius 1 is 1.25 bits per heavy atom. The van der Waals surface area contributed by atoms with Gasteiger partial charge in [0.05, 0.1) is 24.2 Å². The molecule has 0 aliphatic heterocycles. The first-order chi connectivity index (χ1) is 11.5. The fourth-order valence-electron chi connectivity index (χ4n) is 2.53. The highest BCUT2D eigenvalue weighted by Gasteiger charge is 2.16. The van der Waals surface area contributed by atoms with Gasteiger partial charge in [-0.3, -0.25) is 9.48 Å². The number of carboxylic acids is 1. The van der Waals surface area contributed by atoms with Crippen LogP contribution >= 0.6 is 0 Å². The molecule has 124 valence electrons. The quantitative estimate of drug-likeness (QED) is 0.722. The molecule has 0 amide bonds. The van der Waals surface area contributed by atoms with Crippen molar-refractivity contribution in [2.45, 2.75) is 20.0 Å². The smallest absolute Gasteiger partial charge is 0.341 e. The van der Waals surface area contributed by atoms with E-state index in [0.717, 1.165) is 0 Å². The van der Waals surface area contributed by atoms with Crippen LogP contribution in [0.5, 0.6) is 0 Å². The van der Waals surface area contributed by atoms with E-state index in [0.29, 0.717) is 30.1 Å². The zero-order valence-corrected chi connectivity index (χ0v) is 13.0. The standard InChI is InChI=1S/C16H16N4O4/c1-2-19-9-11(16(23)24)14(22)10-3-4-12(17-15(10)19)13-5-6-20(18-13)7-8-21/h3-6,9,21H,2,7-8H2,1H3,(H,23,24). The van der Waals surface area contributed by atoms with Gasteiger partial charge in [0.1, 0.15) is 16.9 Å². The number of hydrogen-bond acceptors (Lipinski definition) is 5. The number of aliphatic hydroxyl groups is 1. The summed E-state index contributed by atoms with van der Waals surface area (Å²) in [6, 6.07) is 4.98. The van der Waals surface area contributed by atoms with Crippen molar-refractivity contribution < 1.29 is 15.0 Å². The normalized spacial score (nSPS) is 11.1. The highest BCUT2D eigenvalue weighted by atomic mass is 16.4. The monoisotopic (exact) mass is 328 g/mol. The molecule has 3 aromatic heterocycles. The van der Waals surface area contributed by atoms with E-state index < -0.39 is 11.4 Å². The molecule has 0 aromatic carbocycles. The lowest BCUT2D eigenvalue weighted by Gasteiger charge is -2.10. The van der Waals surface area contributed by atoms with Gasteiger partial charge in [0.25, 0.3) is 0 Å². The number of fused-ring (bicyclic) bond motifs is 1. The number of carboxylic acid groups (broad SMARTS) is 1. The van der Waals surface area contributed by atoms with E-state index in [2.05, 4.69) is 10.1 Å².